The van der Waals surface area contributed by atoms with Gasteiger partial charge in [-0.3, -0.25) is 4.79 Å². The Morgan fingerprint density at radius 1 is 1.22 bits per heavy atom. The van der Waals surface area contributed by atoms with Crippen LogP contribution in [0.5, 0.6) is 11.5 Å². The summed E-state index contributed by atoms with van der Waals surface area (Å²) in [5.74, 6) is 1.97. The molecule has 8 heteroatoms. The van der Waals surface area contributed by atoms with Crippen LogP contribution in [0.1, 0.15) is 11.3 Å². The molecule has 0 saturated carbocycles. The van der Waals surface area contributed by atoms with E-state index in [0.717, 1.165) is 10.4 Å². The van der Waals surface area contributed by atoms with Gasteiger partial charge in [0.15, 0.2) is 17.3 Å². The minimum atomic E-state index is -0.129. The molecule has 0 N–H and O–H groups in total. The van der Waals surface area contributed by atoms with Gasteiger partial charge < -0.3 is 23.6 Å². The molecule has 4 rings (SSSR count). The van der Waals surface area contributed by atoms with Crippen LogP contribution in [0.3, 0.4) is 0 Å². The lowest BCUT2D eigenvalue weighted by Gasteiger charge is -2.21. The molecular formula is C19H18N2O5S. The van der Waals surface area contributed by atoms with Crippen LogP contribution < -0.4 is 9.47 Å². The highest BCUT2D eigenvalue weighted by Crippen LogP contribution is 2.33. The lowest BCUT2D eigenvalue weighted by Crippen LogP contribution is -2.33. The quantitative estimate of drug-likeness (QED) is 0.620. The van der Waals surface area contributed by atoms with Crippen molar-refractivity contribution in [2.75, 3.05) is 20.5 Å². The molecular weight excluding hydrogens is 368 g/mol. The predicted molar refractivity (Wildman–Crippen MR) is 98.5 cm³/mol. The summed E-state index contributed by atoms with van der Waals surface area (Å²) in [6, 6.07) is 11.4. The second kappa shape index (κ2) is 7.81. The summed E-state index contributed by atoms with van der Waals surface area (Å²) in [5, 5.41) is 6.08. The number of ether oxygens (including phenoxy) is 3. The summed E-state index contributed by atoms with van der Waals surface area (Å²) < 4.78 is 21.2. The maximum absolute atomic E-state index is 12.5. The fourth-order valence-electron chi connectivity index (χ4n) is 2.82. The summed E-state index contributed by atoms with van der Waals surface area (Å²) in [6.45, 7) is 0.946. The summed E-state index contributed by atoms with van der Waals surface area (Å²) in [6.07, 6.45) is 0. The Labute approximate surface area is 160 Å². The Bertz CT molecular complexity index is 922. The zero-order chi connectivity index (χ0) is 18.6. The van der Waals surface area contributed by atoms with Gasteiger partial charge in [-0.1, -0.05) is 17.3 Å². The number of nitrogens with zero attached hydrogens (tertiary/aromatic N) is 2. The van der Waals surface area contributed by atoms with Crippen LogP contribution in [0.4, 0.5) is 0 Å². The van der Waals surface area contributed by atoms with E-state index in [0.29, 0.717) is 36.0 Å². The first-order valence-electron chi connectivity index (χ1n) is 8.37. The molecule has 0 radical (unpaired) electrons. The van der Waals surface area contributed by atoms with E-state index in [2.05, 4.69) is 5.16 Å². The van der Waals surface area contributed by atoms with Gasteiger partial charge in [-0.15, -0.1) is 11.3 Å². The van der Waals surface area contributed by atoms with E-state index in [4.69, 9.17) is 18.7 Å². The average molecular weight is 386 g/mol. The second-order valence-electron chi connectivity index (χ2n) is 6.03. The average Bonchev–Trinajstić information content (AvgIpc) is 3.42. The zero-order valence-corrected chi connectivity index (χ0v) is 15.5. The fourth-order valence-corrected chi connectivity index (χ4v) is 3.50. The summed E-state index contributed by atoms with van der Waals surface area (Å²) in [4.78, 5) is 15.2. The number of aromatic nitrogens is 1. The molecule has 140 valence electrons. The van der Waals surface area contributed by atoms with E-state index >= 15 is 0 Å². The number of methoxy groups -OCH3 is 1. The highest BCUT2D eigenvalue weighted by molar-refractivity contribution is 7.13. The second-order valence-corrected chi connectivity index (χ2v) is 6.98. The number of thiophene rings is 1. The van der Waals surface area contributed by atoms with E-state index in [1.807, 2.05) is 41.8 Å². The molecule has 3 heterocycles. The number of hydrogen-bond donors (Lipinski definition) is 0. The summed E-state index contributed by atoms with van der Waals surface area (Å²) in [7, 11) is 1.50. The van der Waals surface area contributed by atoms with Crippen molar-refractivity contribution in [1.82, 2.24) is 10.1 Å². The maximum Gasteiger partial charge on any atom is 0.249 e. The van der Waals surface area contributed by atoms with Gasteiger partial charge >= 0.3 is 0 Å². The van der Waals surface area contributed by atoms with Gasteiger partial charge in [0, 0.05) is 19.7 Å². The molecule has 1 aromatic carbocycles. The topological polar surface area (TPSA) is 74.0 Å². The molecule has 0 aliphatic carbocycles. The van der Waals surface area contributed by atoms with Crippen LogP contribution in [-0.2, 0) is 22.6 Å². The Morgan fingerprint density at radius 2 is 2.11 bits per heavy atom. The van der Waals surface area contributed by atoms with Crippen molar-refractivity contribution in [1.29, 1.82) is 0 Å². The molecule has 27 heavy (non-hydrogen) atoms. The number of rotatable bonds is 7. The van der Waals surface area contributed by atoms with Crippen molar-refractivity contribution in [3.8, 4) is 22.1 Å². The molecule has 2 aromatic heterocycles. The van der Waals surface area contributed by atoms with Crippen LogP contribution in [0, 0.1) is 0 Å². The molecule has 0 atom stereocenters. The molecule has 0 unspecified atom stereocenters. The zero-order valence-electron chi connectivity index (χ0n) is 14.7. The number of fused-ring (bicyclic) bond motifs is 1. The first kappa shape index (κ1) is 17.6. The van der Waals surface area contributed by atoms with Gasteiger partial charge in [-0.05, 0) is 29.1 Å². The highest BCUT2D eigenvalue weighted by Gasteiger charge is 2.19. The monoisotopic (exact) mass is 386 g/mol. The van der Waals surface area contributed by atoms with E-state index in [1.54, 1.807) is 16.2 Å². The molecule has 0 bridgehead atoms. The van der Waals surface area contributed by atoms with Crippen molar-refractivity contribution in [2.24, 2.45) is 0 Å². The van der Waals surface area contributed by atoms with Crippen molar-refractivity contribution in [3.63, 3.8) is 0 Å². The number of hydrogen-bond acceptors (Lipinski definition) is 7. The molecule has 1 aliphatic heterocycles. The minimum absolute atomic E-state index is 0.000184. The van der Waals surface area contributed by atoms with Gasteiger partial charge in [-0.2, -0.15) is 0 Å². The van der Waals surface area contributed by atoms with Crippen LogP contribution in [0.2, 0.25) is 0 Å². The lowest BCUT2D eigenvalue weighted by molar-refractivity contribution is -0.136. The van der Waals surface area contributed by atoms with E-state index in [-0.39, 0.29) is 19.3 Å². The van der Waals surface area contributed by atoms with Crippen LogP contribution in [0.15, 0.2) is 46.3 Å². The fraction of sp³-hybridized carbons (Fsp3) is 0.263. The largest absolute Gasteiger partial charge is 0.454 e. The van der Waals surface area contributed by atoms with Crippen molar-refractivity contribution >= 4 is 17.2 Å². The van der Waals surface area contributed by atoms with E-state index < -0.39 is 0 Å². The molecule has 1 amide bonds. The molecule has 3 aromatic rings. The molecule has 7 nitrogen and oxygen atoms in total. The van der Waals surface area contributed by atoms with Crippen LogP contribution in [0.25, 0.3) is 10.6 Å². The molecule has 0 saturated heterocycles. The smallest absolute Gasteiger partial charge is 0.249 e. The number of benzene rings is 1. The summed E-state index contributed by atoms with van der Waals surface area (Å²) in [5.41, 5.74) is 1.62. The standard InChI is InChI=1S/C19H18N2O5S/c1-23-11-19(22)21(9-13-4-5-15-16(7-13)25-12-24-15)10-14-8-17(26-20-14)18-3-2-6-27-18/h2-8H,9-12H2,1H3. The van der Waals surface area contributed by atoms with Gasteiger partial charge in [-0.25, -0.2) is 0 Å². The summed E-state index contributed by atoms with van der Waals surface area (Å²) >= 11 is 1.58. The third-order valence-electron chi connectivity index (χ3n) is 4.11. The Hall–Kier alpha value is -2.84. The first-order valence-corrected chi connectivity index (χ1v) is 9.25. The third kappa shape index (κ3) is 3.96. The minimum Gasteiger partial charge on any atom is -0.454 e. The molecule has 0 fully saturated rings. The van der Waals surface area contributed by atoms with Gasteiger partial charge in [0.25, 0.3) is 0 Å². The van der Waals surface area contributed by atoms with E-state index in [1.165, 1.54) is 7.11 Å². The normalized spacial score (nSPS) is 12.3. The van der Waals surface area contributed by atoms with Crippen molar-refractivity contribution in [3.05, 3.63) is 53.0 Å². The van der Waals surface area contributed by atoms with Crippen LogP contribution in [-0.4, -0.2) is 36.5 Å². The van der Waals surface area contributed by atoms with Crippen molar-refractivity contribution < 1.29 is 23.5 Å². The van der Waals surface area contributed by atoms with E-state index in [9.17, 15) is 4.79 Å². The first-order chi connectivity index (χ1) is 13.2. The Balaban J connectivity index is 1.51. The number of amides is 1. The maximum atomic E-state index is 12.5. The SMILES string of the molecule is COCC(=O)N(Cc1ccc2c(c1)OCO2)Cc1cc(-c2cccs2)on1. The predicted octanol–water partition coefficient (Wildman–Crippen LogP) is 3.31. The molecule has 1 aliphatic rings. The lowest BCUT2D eigenvalue weighted by atomic mass is 10.2. The third-order valence-corrected chi connectivity index (χ3v) is 4.99. The van der Waals surface area contributed by atoms with Gasteiger partial charge in [0.2, 0.25) is 12.7 Å². The van der Waals surface area contributed by atoms with Gasteiger partial charge in [0.05, 0.1) is 11.4 Å². The Kier molecular flexibility index (Phi) is 5.08. The Morgan fingerprint density at radius 3 is 2.93 bits per heavy atom. The number of carbonyl (C=O) groups excluding carboxylic acids is 1. The highest BCUT2D eigenvalue weighted by atomic mass is 32.1. The van der Waals surface area contributed by atoms with Crippen molar-refractivity contribution in [2.45, 2.75) is 13.1 Å². The number of carbonyl (C=O) groups is 1. The van der Waals surface area contributed by atoms with Gasteiger partial charge in [0.1, 0.15) is 12.3 Å². The molecule has 0 spiro atoms. The van der Waals surface area contributed by atoms with Crippen LogP contribution >= 0.6 is 11.3 Å².